The number of amides is 2. The first-order valence-corrected chi connectivity index (χ1v) is 10.3. The van der Waals surface area contributed by atoms with Gasteiger partial charge in [0.2, 0.25) is 5.91 Å². The van der Waals surface area contributed by atoms with E-state index in [1.54, 1.807) is 28.8 Å². The zero-order valence-corrected chi connectivity index (χ0v) is 17.3. The van der Waals surface area contributed by atoms with E-state index in [1.807, 2.05) is 13.8 Å². The van der Waals surface area contributed by atoms with Gasteiger partial charge < -0.3 is 0 Å². The first-order chi connectivity index (χ1) is 14.3. The van der Waals surface area contributed by atoms with Crippen LogP contribution in [-0.4, -0.2) is 27.1 Å². The molecule has 0 fully saturated rings. The second-order valence-electron chi connectivity index (χ2n) is 7.02. The molecule has 0 aliphatic carbocycles. The molecule has 0 saturated heterocycles. The number of carbonyl (C=O) groups excluding carboxylic acids is 2. The zero-order chi connectivity index (χ0) is 21.7. The van der Waals surface area contributed by atoms with Crippen molar-refractivity contribution in [3.8, 4) is 0 Å². The van der Waals surface area contributed by atoms with Crippen molar-refractivity contribution in [1.82, 2.24) is 20.4 Å². The average molecular weight is 428 g/mol. The van der Waals surface area contributed by atoms with Crippen molar-refractivity contribution in [2.75, 3.05) is 5.75 Å². The number of hydrogen-bond donors (Lipinski definition) is 2. The summed E-state index contributed by atoms with van der Waals surface area (Å²) in [5, 5.41) is 0.964. The van der Waals surface area contributed by atoms with E-state index in [2.05, 4.69) is 15.8 Å². The molecule has 0 saturated carbocycles. The van der Waals surface area contributed by atoms with Crippen molar-refractivity contribution in [2.24, 2.45) is 5.92 Å². The van der Waals surface area contributed by atoms with Crippen molar-refractivity contribution >= 4 is 34.5 Å². The fraction of sp³-hybridized carbons (Fsp3) is 0.238. The van der Waals surface area contributed by atoms with Gasteiger partial charge in [-0.15, -0.1) is 0 Å². The highest BCUT2D eigenvalue weighted by Crippen LogP contribution is 2.18. The topological polar surface area (TPSA) is 93.1 Å². The van der Waals surface area contributed by atoms with Gasteiger partial charge in [-0.05, 0) is 42.3 Å². The fourth-order valence-electron chi connectivity index (χ4n) is 2.75. The van der Waals surface area contributed by atoms with E-state index in [1.165, 1.54) is 12.1 Å². The number of aromatic nitrogens is 2. The largest absolute Gasteiger partial charge is 0.287 e. The number of thioether (sulfide) groups is 1. The smallest absolute Gasteiger partial charge is 0.269 e. The van der Waals surface area contributed by atoms with Gasteiger partial charge in [0, 0.05) is 12.1 Å². The molecule has 1 aromatic heterocycles. The standard InChI is InChI=1S/C21H21FN4O3S/c1-13(2)11-26-20(29)16-5-3-4-6-17(16)23-21(26)30-12-18(27)24-25-19(28)14-7-9-15(22)10-8-14/h3-10,13H,11-12H2,1-2H3,(H,24,27)(H,25,28). The second kappa shape index (κ2) is 9.53. The molecule has 0 unspecified atom stereocenters. The van der Waals surface area contributed by atoms with Crippen LogP contribution in [0.4, 0.5) is 4.39 Å². The lowest BCUT2D eigenvalue weighted by Crippen LogP contribution is -2.42. The van der Waals surface area contributed by atoms with Crippen LogP contribution in [0.15, 0.2) is 58.5 Å². The highest BCUT2D eigenvalue weighted by molar-refractivity contribution is 7.99. The Bertz CT molecular complexity index is 1130. The maximum absolute atomic E-state index is 12.9. The lowest BCUT2D eigenvalue weighted by molar-refractivity contribution is -0.119. The quantitative estimate of drug-likeness (QED) is 0.358. The number of benzene rings is 2. The molecule has 2 amide bonds. The Balaban J connectivity index is 1.68. The summed E-state index contributed by atoms with van der Waals surface area (Å²) in [4.78, 5) is 41.5. The highest BCUT2D eigenvalue weighted by atomic mass is 32.2. The summed E-state index contributed by atoms with van der Waals surface area (Å²) < 4.78 is 14.5. The molecular weight excluding hydrogens is 407 g/mol. The Hall–Kier alpha value is -3.20. The van der Waals surface area contributed by atoms with E-state index in [0.717, 1.165) is 23.9 Å². The molecule has 0 spiro atoms. The third-order valence-corrected chi connectivity index (χ3v) is 5.10. The van der Waals surface area contributed by atoms with Gasteiger partial charge in [-0.25, -0.2) is 9.37 Å². The van der Waals surface area contributed by atoms with E-state index in [0.29, 0.717) is 22.6 Å². The van der Waals surface area contributed by atoms with Crippen molar-refractivity contribution in [2.45, 2.75) is 25.5 Å². The summed E-state index contributed by atoms with van der Waals surface area (Å²) in [6.45, 7) is 4.46. The summed E-state index contributed by atoms with van der Waals surface area (Å²) in [6, 6.07) is 12.0. The first kappa shape index (κ1) is 21.5. The van der Waals surface area contributed by atoms with Crippen LogP contribution >= 0.6 is 11.8 Å². The van der Waals surface area contributed by atoms with Gasteiger partial charge in [0.1, 0.15) is 5.82 Å². The van der Waals surface area contributed by atoms with E-state index < -0.39 is 17.6 Å². The molecule has 156 valence electrons. The van der Waals surface area contributed by atoms with Gasteiger partial charge in [-0.2, -0.15) is 0 Å². The van der Waals surface area contributed by atoms with Crippen LogP contribution < -0.4 is 16.4 Å². The van der Waals surface area contributed by atoms with Gasteiger partial charge in [0.15, 0.2) is 5.16 Å². The predicted molar refractivity (Wildman–Crippen MR) is 114 cm³/mol. The molecule has 1 heterocycles. The van der Waals surface area contributed by atoms with Gasteiger partial charge in [0.05, 0.1) is 16.7 Å². The Morgan fingerprint density at radius 3 is 2.50 bits per heavy atom. The maximum atomic E-state index is 12.9. The molecular formula is C21H21FN4O3S. The van der Waals surface area contributed by atoms with Crippen LogP contribution in [0.3, 0.4) is 0 Å². The molecule has 0 atom stereocenters. The predicted octanol–water partition coefficient (Wildman–Crippen LogP) is 2.74. The molecule has 0 bridgehead atoms. The lowest BCUT2D eigenvalue weighted by atomic mass is 10.2. The van der Waals surface area contributed by atoms with Crippen LogP contribution in [0, 0.1) is 11.7 Å². The summed E-state index contributed by atoms with van der Waals surface area (Å²) in [6.07, 6.45) is 0. The summed E-state index contributed by atoms with van der Waals surface area (Å²) in [7, 11) is 0. The van der Waals surface area contributed by atoms with Crippen LogP contribution in [0.25, 0.3) is 10.9 Å². The lowest BCUT2D eigenvalue weighted by Gasteiger charge is -2.15. The van der Waals surface area contributed by atoms with Crippen LogP contribution in [0.1, 0.15) is 24.2 Å². The average Bonchev–Trinajstić information content (AvgIpc) is 2.73. The third-order valence-electron chi connectivity index (χ3n) is 4.13. The normalized spacial score (nSPS) is 10.9. The van der Waals surface area contributed by atoms with Gasteiger partial charge in [0.25, 0.3) is 11.5 Å². The molecule has 0 aliphatic rings. The number of para-hydroxylation sites is 1. The van der Waals surface area contributed by atoms with E-state index >= 15 is 0 Å². The maximum Gasteiger partial charge on any atom is 0.269 e. The van der Waals surface area contributed by atoms with E-state index in [4.69, 9.17) is 0 Å². The van der Waals surface area contributed by atoms with Crippen molar-refractivity contribution in [1.29, 1.82) is 0 Å². The van der Waals surface area contributed by atoms with Crippen molar-refractivity contribution in [3.05, 3.63) is 70.3 Å². The Morgan fingerprint density at radius 2 is 1.80 bits per heavy atom. The van der Waals surface area contributed by atoms with Gasteiger partial charge >= 0.3 is 0 Å². The van der Waals surface area contributed by atoms with E-state index in [-0.39, 0.29) is 22.8 Å². The fourth-order valence-corrected chi connectivity index (χ4v) is 3.56. The number of nitrogens with one attached hydrogen (secondary N) is 2. The van der Waals surface area contributed by atoms with E-state index in [9.17, 15) is 18.8 Å². The number of nitrogens with zero attached hydrogens (tertiary/aromatic N) is 2. The first-order valence-electron chi connectivity index (χ1n) is 9.32. The zero-order valence-electron chi connectivity index (χ0n) is 16.5. The molecule has 0 aliphatic heterocycles. The summed E-state index contributed by atoms with van der Waals surface area (Å²) >= 11 is 1.11. The number of carbonyl (C=O) groups is 2. The minimum absolute atomic E-state index is 0.0490. The van der Waals surface area contributed by atoms with Crippen molar-refractivity contribution in [3.63, 3.8) is 0 Å². The summed E-state index contributed by atoms with van der Waals surface area (Å²) in [5.41, 5.74) is 5.22. The molecule has 2 aromatic carbocycles. The molecule has 3 aromatic rings. The SMILES string of the molecule is CC(C)Cn1c(SCC(=O)NNC(=O)c2ccc(F)cc2)nc2ccccc2c1=O. The Morgan fingerprint density at radius 1 is 1.10 bits per heavy atom. The minimum Gasteiger partial charge on any atom is -0.287 e. The number of fused-ring (bicyclic) bond motifs is 1. The number of hydrazine groups is 1. The number of hydrogen-bond acceptors (Lipinski definition) is 5. The third kappa shape index (κ3) is 5.24. The number of halogens is 1. The summed E-state index contributed by atoms with van der Waals surface area (Å²) in [5.74, 6) is -1.31. The van der Waals surface area contributed by atoms with Crippen molar-refractivity contribution < 1.29 is 14.0 Å². The highest BCUT2D eigenvalue weighted by Gasteiger charge is 2.15. The molecule has 2 N–H and O–H groups in total. The molecule has 30 heavy (non-hydrogen) atoms. The van der Waals surface area contributed by atoms with Crippen LogP contribution in [0.2, 0.25) is 0 Å². The van der Waals surface area contributed by atoms with Crippen LogP contribution in [0.5, 0.6) is 0 Å². The molecule has 9 heteroatoms. The molecule has 7 nitrogen and oxygen atoms in total. The Labute approximate surface area is 176 Å². The number of rotatable bonds is 6. The van der Waals surface area contributed by atoms with Gasteiger partial charge in [-0.3, -0.25) is 29.8 Å². The second-order valence-corrected chi connectivity index (χ2v) is 7.96. The molecule has 3 rings (SSSR count). The van der Waals surface area contributed by atoms with Gasteiger partial charge in [-0.1, -0.05) is 37.7 Å². The molecule has 0 radical (unpaired) electrons. The van der Waals surface area contributed by atoms with Crippen LogP contribution in [-0.2, 0) is 11.3 Å². The monoisotopic (exact) mass is 428 g/mol. The Kier molecular flexibility index (Phi) is 6.83. The minimum atomic E-state index is -0.561.